The van der Waals surface area contributed by atoms with Gasteiger partial charge in [-0.25, -0.2) is 9.50 Å². The van der Waals surface area contributed by atoms with Crippen molar-refractivity contribution in [3.63, 3.8) is 0 Å². The molecule has 0 aliphatic carbocycles. The molecule has 0 bridgehead atoms. The Morgan fingerprint density at radius 3 is 3.00 bits per heavy atom. The third kappa shape index (κ3) is 2.55. The molecule has 0 aliphatic heterocycles. The lowest BCUT2D eigenvalue weighted by atomic mass is 10.1. The van der Waals surface area contributed by atoms with Crippen LogP contribution in [0.2, 0.25) is 0 Å². The Bertz CT molecular complexity index is 492. The number of likely N-dealkylation sites (N-methyl/N-ethyl adjacent to an activating group) is 1. The molecule has 0 spiro atoms. The van der Waals surface area contributed by atoms with Gasteiger partial charge in [-0.2, -0.15) is 5.10 Å². The molecule has 0 atom stereocenters. The van der Waals surface area contributed by atoms with Crippen LogP contribution in [-0.4, -0.2) is 34.8 Å². The van der Waals surface area contributed by atoms with E-state index in [0.717, 1.165) is 17.8 Å². The van der Waals surface area contributed by atoms with E-state index in [2.05, 4.69) is 29.2 Å². The second-order valence-corrected chi connectivity index (χ2v) is 4.24. The second kappa shape index (κ2) is 5.14. The highest BCUT2D eigenvalue weighted by Crippen LogP contribution is 2.21. The monoisotopic (exact) mass is 234 g/mol. The largest absolute Gasteiger partial charge is 0.475 e. The SMILES string of the molecule is CNCCOc1nccn2nc(C(C)C)cc12. The maximum Gasteiger partial charge on any atom is 0.240 e. The number of fused-ring (bicyclic) bond motifs is 1. The number of nitrogens with zero attached hydrogens (tertiary/aromatic N) is 3. The van der Waals surface area contributed by atoms with Crippen molar-refractivity contribution in [2.75, 3.05) is 20.2 Å². The van der Waals surface area contributed by atoms with Gasteiger partial charge in [0.1, 0.15) is 12.1 Å². The van der Waals surface area contributed by atoms with Crippen LogP contribution in [0.5, 0.6) is 5.88 Å². The van der Waals surface area contributed by atoms with E-state index in [-0.39, 0.29) is 0 Å². The molecule has 5 heteroatoms. The molecule has 1 N–H and O–H groups in total. The molecule has 92 valence electrons. The summed E-state index contributed by atoms with van der Waals surface area (Å²) in [6.45, 7) is 5.65. The van der Waals surface area contributed by atoms with Gasteiger partial charge in [0.15, 0.2) is 0 Å². The van der Waals surface area contributed by atoms with Gasteiger partial charge in [0.25, 0.3) is 0 Å². The van der Waals surface area contributed by atoms with Gasteiger partial charge in [0, 0.05) is 18.9 Å². The van der Waals surface area contributed by atoms with Crippen LogP contribution in [0.1, 0.15) is 25.5 Å². The molecule has 5 nitrogen and oxygen atoms in total. The lowest BCUT2D eigenvalue weighted by Crippen LogP contribution is -2.16. The molecule has 0 amide bonds. The number of aromatic nitrogens is 3. The Kier molecular flexibility index (Phi) is 3.58. The number of hydrogen-bond donors (Lipinski definition) is 1. The molecule has 0 saturated carbocycles. The van der Waals surface area contributed by atoms with Crippen molar-refractivity contribution in [1.82, 2.24) is 19.9 Å². The van der Waals surface area contributed by atoms with E-state index >= 15 is 0 Å². The Balaban J connectivity index is 2.29. The predicted molar refractivity (Wildman–Crippen MR) is 66.5 cm³/mol. The van der Waals surface area contributed by atoms with E-state index in [4.69, 9.17) is 4.74 Å². The summed E-state index contributed by atoms with van der Waals surface area (Å²) in [6.07, 6.45) is 3.55. The maximum atomic E-state index is 5.62. The van der Waals surface area contributed by atoms with Crippen molar-refractivity contribution in [2.24, 2.45) is 0 Å². The summed E-state index contributed by atoms with van der Waals surface area (Å²) in [5, 5.41) is 7.52. The predicted octanol–water partition coefficient (Wildman–Crippen LogP) is 1.45. The van der Waals surface area contributed by atoms with Gasteiger partial charge in [0.2, 0.25) is 5.88 Å². The zero-order valence-corrected chi connectivity index (χ0v) is 10.5. The molecule has 17 heavy (non-hydrogen) atoms. The molecule has 0 radical (unpaired) electrons. The Morgan fingerprint density at radius 1 is 1.47 bits per heavy atom. The molecular weight excluding hydrogens is 216 g/mol. The minimum Gasteiger partial charge on any atom is -0.475 e. The number of hydrogen-bond acceptors (Lipinski definition) is 4. The van der Waals surface area contributed by atoms with Crippen LogP contribution in [-0.2, 0) is 0 Å². The molecule has 2 aromatic heterocycles. The first-order valence-electron chi connectivity index (χ1n) is 5.84. The van der Waals surface area contributed by atoms with E-state index < -0.39 is 0 Å². The summed E-state index contributed by atoms with van der Waals surface area (Å²) in [4.78, 5) is 4.24. The van der Waals surface area contributed by atoms with Gasteiger partial charge < -0.3 is 10.1 Å². The lowest BCUT2D eigenvalue weighted by Gasteiger charge is -2.05. The summed E-state index contributed by atoms with van der Waals surface area (Å²) >= 11 is 0. The van der Waals surface area contributed by atoms with Crippen LogP contribution in [0.3, 0.4) is 0 Å². The van der Waals surface area contributed by atoms with E-state index in [1.54, 1.807) is 6.20 Å². The lowest BCUT2D eigenvalue weighted by molar-refractivity contribution is 0.309. The molecule has 2 heterocycles. The number of nitrogens with one attached hydrogen (secondary N) is 1. The summed E-state index contributed by atoms with van der Waals surface area (Å²) in [7, 11) is 1.90. The molecule has 0 saturated heterocycles. The zero-order chi connectivity index (χ0) is 12.3. The fraction of sp³-hybridized carbons (Fsp3) is 0.500. The number of rotatable bonds is 5. The third-order valence-electron chi connectivity index (χ3n) is 2.56. The highest BCUT2D eigenvalue weighted by atomic mass is 16.5. The maximum absolute atomic E-state index is 5.62. The van der Waals surface area contributed by atoms with E-state index in [1.807, 2.05) is 23.8 Å². The van der Waals surface area contributed by atoms with Crippen molar-refractivity contribution in [3.8, 4) is 5.88 Å². The Labute approximate surface area is 101 Å². The molecule has 0 aliphatic rings. The Morgan fingerprint density at radius 2 is 2.29 bits per heavy atom. The first kappa shape index (κ1) is 11.9. The minimum absolute atomic E-state index is 0.403. The van der Waals surface area contributed by atoms with Gasteiger partial charge in [-0.3, -0.25) is 0 Å². The molecule has 0 unspecified atom stereocenters. The Hall–Kier alpha value is -1.62. The van der Waals surface area contributed by atoms with Crippen LogP contribution in [0, 0.1) is 0 Å². The van der Waals surface area contributed by atoms with E-state index in [9.17, 15) is 0 Å². The third-order valence-corrected chi connectivity index (χ3v) is 2.56. The zero-order valence-electron chi connectivity index (χ0n) is 10.5. The molecule has 0 fully saturated rings. The van der Waals surface area contributed by atoms with Gasteiger partial charge in [0.05, 0.1) is 5.69 Å². The fourth-order valence-electron chi connectivity index (χ4n) is 1.56. The average molecular weight is 234 g/mol. The fourth-order valence-corrected chi connectivity index (χ4v) is 1.56. The van der Waals surface area contributed by atoms with Gasteiger partial charge in [-0.15, -0.1) is 0 Å². The molecular formula is C12H18N4O. The highest BCUT2D eigenvalue weighted by molar-refractivity contribution is 5.56. The van der Waals surface area contributed by atoms with Crippen molar-refractivity contribution in [3.05, 3.63) is 24.2 Å². The second-order valence-electron chi connectivity index (χ2n) is 4.24. The van der Waals surface area contributed by atoms with E-state index in [0.29, 0.717) is 18.4 Å². The summed E-state index contributed by atoms with van der Waals surface area (Å²) in [5.41, 5.74) is 1.98. The van der Waals surface area contributed by atoms with Gasteiger partial charge >= 0.3 is 0 Å². The van der Waals surface area contributed by atoms with Crippen molar-refractivity contribution < 1.29 is 4.74 Å². The van der Waals surface area contributed by atoms with Crippen LogP contribution in [0.4, 0.5) is 0 Å². The smallest absolute Gasteiger partial charge is 0.240 e. The quantitative estimate of drug-likeness (QED) is 0.796. The molecule has 2 rings (SSSR count). The van der Waals surface area contributed by atoms with Gasteiger partial charge in [-0.1, -0.05) is 13.8 Å². The van der Waals surface area contributed by atoms with Crippen LogP contribution in [0.25, 0.3) is 5.52 Å². The van der Waals surface area contributed by atoms with Crippen LogP contribution >= 0.6 is 0 Å². The van der Waals surface area contributed by atoms with Crippen LogP contribution in [0.15, 0.2) is 18.5 Å². The topological polar surface area (TPSA) is 51.5 Å². The van der Waals surface area contributed by atoms with E-state index in [1.165, 1.54) is 0 Å². The van der Waals surface area contributed by atoms with Crippen molar-refractivity contribution in [2.45, 2.75) is 19.8 Å². The molecule has 2 aromatic rings. The molecule has 0 aromatic carbocycles. The van der Waals surface area contributed by atoms with Gasteiger partial charge in [-0.05, 0) is 19.0 Å². The standard InChI is InChI=1S/C12H18N4O/c1-9(2)10-8-11-12(17-7-5-13-3)14-4-6-16(11)15-10/h4,6,8-9,13H,5,7H2,1-3H3. The summed E-state index contributed by atoms with van der Waals surface area (Å²) in [5.74, 6) is 1.04. The normalized spacial score (nSPS) is 11.3. The summed E-state index contributed by atoms with van der Waals surface area (Å²) < 4.78 is 7.43. The number of ether oxygens (including phenoxy) is 1. The average Bonchev–Trinajstić information content (AvgIpc) is 2.74. The highest BCUT2D eigenvalue weighted by Gasteiger charge is 2.10. The van der Waals surface area contributed by atoms with Crippen molar-refractivity contribution in [1.29, 1.82) is 0 Å². The first-order valence-corrected chi connectivity index (χ1v) is 5.84. The van der Waals surface area contributed by atoms with Crippen LogP contribution < -0.4 is 10.1 Å². The first-order chi connectivity index (χ1) is 8.22. The summed E-state index contributed by atoms with van der Waals surface area (Å²) in [6, 6.07) is 2.03. The minimum atomic E-state index is 0.403. The van der Waals surface area contributed by atoms with Crippen molar-refractivity contribution >= 4 is 5.52 Å².